The van der Waals surface area contributed by atoms with Gasteiger partial charge < -0.3 is 5.11 Å². The third-order valence-corrected chi connectivity index (χ3v) is 1.60. The minimum Gasteiger partial charge on any atom is -0.481 e. The Hall–Kier alpha value is -1.38. The molecule has 12 heavy (non-hydrogen) atoms. The molecule has 0 atom stereocenters. The number of aromatic nitrogens is 1. The molecule has 0 saturated heterocycles. The molecule has 0 amide bonds. The highest BCUT2D eigenvalue weighted by atomic mass is 16.4. The summed E-state index contributed by atoms with van der Waals surface area (Å²) in [6, 6.07) is 3.56. The number of carboxylic acid groups (broad SMARTS) is 1. The van der Waals surface area contributed by atoms with Crippen molar-refractivity contribution in [3.63, 3.8) is 0 Å². The van der Waals surface area contributed by atoms with Crippen LogP contribution in [0.25, 0.3) is 0 Å². The van der Waals surface area contributed by atoms with E-state index in [4.69, 9.17) is 5.11 Å². The zero-order chi connectivity index (χ0) is 8.97. The monoisotopic (exact) mass is 165 g/mol. The molecular weight excluding hydrogens is 154 g/mol. The number of nitrogens with zero attached hydrogens (tertiary/aromatic N) is 1. The first kappa shape index (κ1) is 8.71. The van der Waals surface area contributed by atoms with Gasteiger partial charge in [0.05, 0.1) is 6.42 Å². The quantitative estimate of drug-likeness (QED) is 0.733. The zero-order valence-corrected chi connectivity index (χ0v) is 6.95. The molecule has 0 fully saturated rings. The summed E-state index contributed by atoms with van der Waals surface area (Å²) < 4.78 is 0. The number of hydrogen-bond acceptors (Lipinski definition) is 2. The number of carbonyl (C=O) groups is 1. The van der Waals surface area contributed by atoms with Gasteiger partial charge in [-0.05, 0) is 24.1 Å². The largest absolute Gasteiger partial charge is 0.481 e. The van der Waals surface area contributed by atoms with E-state index in [2.05, 4.69) is 4.98 Å². The molecule has 0 aliphatic rings. The molecule has 1 aromatic heterocycles. The van der Waals surface area contributed by atoms with Crippen LogP contribution in [0.15, 0.2) is 18.3 Å². The maximum atomic E-state index is 10.3. The van der Waals surface area contributed by atoms with E-state index >= 15 is 0 Å². The highest BCUT2D eigenvalue weighted by Crippen LogP contribution is 2.03. The van der Waals surface area contributed by atoms with Gasteiger partial charge in [0, 0.05) is 11.9 Å². The predicted octanol–water partition coefficient (Wildman–Crippen LogP) is 1.27. The van der Waals surface area contributed by atoms with E-state index in [0.29, 0.717) is 0 Å². The summed E-state index contributed by atoms with van der Waals surface area (Å²) in [7, 11) is 0. The number of aliphatic carboxylic acids is 1. The van der Waals surface area contributed by atoms with Crippen molar-refractivity contribution >= 4 is 5.97 Å². The van der Waals surface area contributed by atoms with Crippen LogP contribution in [0, 0.1) is 0 Å². The normalized spacial score (nSPS) is 9.75. The van der Waals surface area contributed by atoms with Gasteiger partial charge in [-0.1, -0.05) is 6.92 Å². The Bertz CT molecular complexity index is 284. The fourth-order valence-electron chi connectivity index (χ4n) is 1.01. The summed E-state index contributed by atoms with van der Waals surface area (Å²) in [6.45, 7) is 1.99. The molecule has 0 radical (unpaired) electrons. The Morgan fingerprint density at radius 3 is 3.00 bits per heavy atom. The van der Waals surface area contributed by atoms with Gasteiger partial charge >= 0.3 is 5.97 Å². The second kappa shape index (κ2) is 3.85. The van der Waals surface area contributed by atoms with E-state index < -0.39 is 5.97 Å². The van der Waals surface area contributed by atoms with E-state index in [1.807, 2.05) is 13.0 Å². The standard InChI is InChI=1S/C9H11NO2/c1-2-8-5-7(3-4-10-8)6-9(11)12/h3-5H,2,6H2,1H3,(H,11,12). The second-order valence-electron chi connectivity index (χ2n) is 2.58. The Morgan fingerprint density at radius 1 is 1.67 bits per heavy atom. The Balaban J connectivity index is 2.79. The van der Waals surface area contributed by atoms with E-state index in [9.17, 15) is 4.79 Å². The topological polar surface area (TPSA) is 50.2 Å². The van der Waals surface area contributed by atoms with Crippen molar-refractivity contribution in [1.29, 1.82) is 0 Å². The first-order valence-corrected chi connectivity index (χ1v) is 3.88. The van der Waals surface area contributed by atoms with Crippen LogP contribution in [0.2, 0.25) is 0 Å². The third-order valence-electron chi connectivity index (χ3n) is 1.60. The van der Waals surface area contributed by atoms with Crippen molar-refractivity contribution in [3.8, 4) is 0 Å². The predicted molar refractivity (Wildman–Crippen MR) is 45.0 cm³/mol. The van der Waals surface area contributed by atoms with Gasteiger partial charge in [-0.2, -0.15) is 0 Å². The molecule has 3 nitrogen and oxygen atoms in total. The zero-order valence-electron chi connectivity index (χ0n) is 6.95. The summed E-state index contributed by atoms with van der Waals surface area (Å²) in [5, 5.41) is 8.51. The SMILES string of the molecule is CCc1cc(CC(=O)O)ccn1. The van der Waals surface area contributed by atoms with Gasteiger partial charge in [-0.15, -0.1) is 0 Å². The number of rotatable bonds is 3. The van der Waals surface area contributed by atoms with Crippen molar-refractivity contribution in [2.45, 2.75) is 19.8 Å². The molecule has 3 heteroatoms. The summed E-state index contributed by atoms with van der Waals surface area (Å²) in [5.41, 5.74) is 1.75. The molecular formula is C9H11NO2. The van der Waals surface area contributed by atoms with Crippen LogP contribution in [0.4, 0.5) is 0 Å². The lowest BCUT2D eigenvalue weighted by Crippen LogP contribution is -2.01. The number of carboxylic acids is 1. The van der Waals surface area contributed by atoms with Crippen molar-refractivity contribution < 1.29 is 9.90 Å². The van der Waals surface area contributed by atoms with Gasteiger partial charge in [0.25, 0.3) is 0 Å². The van der Waals surface area contributed by atoms with Crippen LogP contribution in [0.5, 0.6) is 0 Å². The molecule has 0 bridgehead atoms. The van der Waals surface area contributed by atoms with Crippen LogP contribution in [-0.2, 0) is 17.6 Å². The van der Waals surface area contributed by atoms with E-state index in [0.717, 1.165) is 17.7 Å². The average molecular weight is 165 g/mol. The lowest BCUT2D eigenvalue weighted by molar-refractivity contribution is -0.136. The van der Waals surface area contributed by atoms with E-state index in [1.54, 1.807) is 12.3 Å². The molecule has 1 N–H and O–H groups in total. The van der Waals surface area contributed by atoms with Gasteiger partial charge in [-0.25, -0.2) is 0 Å². The van der Waals surface area contributed by atoms with Crippen LogP contribution in [0.3, 0.4) is 0 Å². The number of hydrogen-bond donors (Lipinski definition) is 1. The number of pyridine rings is 1. The summed E-state index contributed by atoms with van der Waals surface area (Å²) in [4.78, 5) is 14.4. The van der Waals surface area contributed by atoms with Crippen molar-refractivity contribution in [2.24, 2.45) is 0 Å². The van der Waals surface area contributed by atoms with Gasteiger partial charge in [0.15, 0.2) is 0 Å². The highest BCUT2D eigenvalue weighted by Gasteiger charge is 2.00. The van der Waals surface area contributed by atoms with Gasteiger partial charge in [0.1, 0.15) is 0 Å². The first-order chi connectivity index (χ1) is 5.72. The minimum absolute atomic E-state index is 0.0789. The molecule has 0 saturated carbocycles. The Morgan fingerprint density at radius 2 is 2.42 bits per heavy atom. The van der Waals surface area contributed by atoms with Gasteiger partial charge in [0.2, 0.25) is 0 Å². The maximum absolute atomic E-state index is 10.3. The van der Waals surface area contributed by atoms with Crippen molar-refractivity contribution in [1.82, 2.24) is 4.98 Å². The molecule has 1 heterocycles. The summed E-state index contributed by atoms with van der Waals surface area (Å²) >= 11 is 0. The lowest BCUT2D eigenvalue weighted by Gasteiger charge is -1.98. The molecule has 0 aromatic carbocycles. The highest BCUT2D eigenvalue weighted by molar-refractivity contribution is 5.70. The average Bonchev–Trinajstić information content (AvgIpc) is 2.03. The van der Waals surface area contributed by atoms with E-state index in [-0.39, 0.29) is 6.42 Å². The van der Waals surface area contributed by atoms with Crippen LogP contribution in [-0.4, -0.2) is 16.1 Å². The van der Waals surface area contributed by atoms with Gasteiger partial charge in [-0.3, -0.25) is 9.78 Å². The van der Waals surface area contributed by atoms with Crippen molar-refractivity contribution in [3.05, 3.63) is 29.6 Å². The van der Waals surface area contributed by atoms with Crippen LogP contribution in [0.1, 0.15) is 18.2 Å². The van der Waals surface area contributed by atoms with Crippen molar-refractivity contribution in [2.75, 3.05) is 0 Å². The molecule has 0 unspecified atom stereocenters. The smallest absolute Gasteiger partial charge is 0.307 e. The molecule has 0 spiro atoms. The van der Waals surface area contributed by atoms with Crippen LogP contribution >= 0.6 is 0 Å². The fourth-order valence-corrected chi connectivity index (χ4v) is 1.01. The first-order valence-electron chi connectivity index (χ1n) is 3.88. The Kier molecular flexibility index (Phi) is 2.80. The third kappa shape index (κ3) is 2.34. The molecule has 1 rings (SSSR count). The Labute approximate surface area is 71.1 Å². The molecule has 0 aliphatic carbocycles. The molecule has 1 aromatic rings. The minimum atomic E-state index is -0.803. The van der Waals surface area contributed by atoms with Crippen LogP contribution < -0.4 is 0 Å². The molecule has 0 aliphatic heterocycles. The fraction of sp³-hybridized carbons (Fsp3) is 0.333. The summed E-state index contributed by atoms with van der Waals surface area (Å²) in [6.07, 6.45) is 2.57. The summed E-state index contributed by atoms with van der Waals surface area (Å²) in [5.74, 6) is -0.803. The maximum Gasteiger partial charge on any atom is 0.307 e. The second-order valence-corrected chi connectivity index (χ2v) is 2.58. The number of aryl methyl sites for hydroxylation is 1. The molecule has 64 valence electrons. The lowest BCUT2D eigenvalue weighted by atomic mass is 10.1. The van der Waals surface area contributed by atoms with E-state index in [1.165, 1.54) is 0 Å².